The van der Waals surface area contributed by atoms with Crippen LogP contribution in [0.1, 0.15) is 36.9 Å². The van der Waals surface area contributed by atoms with Crippen molar-refractivity contribution in [3.05, 3.63) is 65.7 Å². The van der Waals surface area contributed by atoms with Gasteiger partial charge in [0.15, 0.2) is 0 Å². The summed E-state index contributed by atoms with van der Waals surface area (Å²) >= 11 is 0. The summed E-state index contributed by atoms with van der Waals surface area (Å²) in [5.41, 5.74) is -1.16. The predicted molar refractivity (Wildman–Crippen MR) is 94.7 cm³/mol. The summed E-state index contributed by atoms with van der Waals surface area (Å²) in [4.78, 5) is 25.2. The Morgan fingerprint density at radius 2 is 1.67 bits per heavy atom. The van der Waals surface area contributed by atoms with Gasteiger partial charge in [0.05, 0.1) is 11.6 Å². The zero-order valence-corrected chi connectivity index (χ0v) is 14.6. The fourth-order valence-electron chi connectivity index (χ4n) is 2.87. The molecule has 3 rings (SSSR count). The Morgan fingerprint density at radius 3 is 2.26 bits per heavy atom. The van der Waals surface area contributed by atoms with Crippen molar-refractivity contribution in [2.45, 2.75) is 32.0 Å². The molecule has 142 valence electrons. The zero-order valence-electron chi connectivity index (χ0n) is 14.6. The summed E-state index contributed by atoms with van der Waals surface area (Å²) in [5, 5.41) is 5.27. The standard InChI is InChI=1S/C20H19F3N2O2/c1-13(14-6-3-2-4-7-14)24-17(26)19(10-11-19)18(27)25-16-9-5-8-15(12-16)20(21,22)23/h2-9,12-13H,10-11H2,1H3,(H,24,26)(H,25,27). The van der Waals surface area contributed by atoms with Crippen LogP contribution in [0.25, 0.3) is 0 Å². The van der Waals surface area contributed by atoms with E-state index in [0.717, 1.165) is 17.7 Å². The predicted octanol–water partition coefficient (Wildman–Crippen LogP) is 4.30. The average Bonchev–Trinajstić information content (AvgIpc) is 3.44. The molecule has 0 radical (unpaired) electrons. The molecule has 0 bridgehead atoms. The molecule has 1 unspecified atom stereocenters. The number of nitrogens with one attached hydrogen (secondary N) is 2. The van der Waals surface area contributed by atoms with Gasteiger partial charge in [-0.05, 0) is 43.5 Å². The summed E-state index contributed by atoms with van der Waals surface area (Å²) in [6, 6.07) is 13.4. The molecule has 0 heterocycles. The highest BCUT2D eigenvalue weighted by Gasteiger charge is 2.56. The molecule has 1 aliphatic carbocycles. The van der Waals surface area contributed by atoms with Crippen molar-refractivity contribution in [3.8, 4) is 0 Å². The molecule has 2 aromatic carbocycles. The van der Waals surface area contributed by atoms with E-state index in [1.54, 1.807) is 0 Å². The molecule has 2 amide bonds. The summed E-state index contributed by atoms with van der Waals surface area (Å²) in [6.45, 7) is 1.81. The van der Waals surface area contributed by atoms with E-state index in [9.17, 15) is 22.8 Å². The van der Waals surface area contributed by atoms with E-state index in [1.165, 1.54) is 12.1 Å². The van der Waals surface area contributed by atoms with Gasteiger partial charge in [0.1, 0.15) is 5.41 Å². The number of benzene rings is 2. The van der Waals surface area contributed by atoms with Gasteiger partial charge in [-0.2, -0.15) is 13.2 Å². The lowest BCUT2D eigenvalue weighted by molar-refractivity contribution is -0.138. The highest BCUT2D eigenvalue weighted by Crippen LogP contribution is 2.47. The van der Waals surface area contributed by atoms with Crippen molar-refractivity contribution in [3.63, 3.8) is 0 Å². The molecule has 0 saturated heterocycles. The minimum atomic E-state index is -4.50. The summed E-state index contributed by atoms with van der Waals surface area (Å²) < 4.78 is 38.4. The molecule has 2 aromatic rings. The lowest BCUT2D eigenvalue weighted by atomic mass is 10.0. The third-order valence-corrected chi connectivity index (χ3v) is 4.71. The normalized spacial score (nSPS) is 16.3. The molecular weight excluding hydrogens is 357 g/mol. The highest BCUT2D eigenvalue weighted by atomic mass is 19.4. The average molecular weight is 376 g/mol. The van der Waals surface area contributed by atoms with Crippen LogP contribution in [0.5, 0.6) is 0 Å². The van der Waals surface area contributed by atoms with Crippen molar-refractivity contribution in [2.24, 2.45) is 5.41 Å². The van der Waals surface area contributed by atoms with Crippen molar-refractivity contribution in [2.75, 3.05) is 5.32 Å². The second-order valence-corrected chi connectivity index (χ2v) is 6.72. The summed E-state index contributed by atoms with van der Waals surface area (Å²) in [5.74, 6) is -0.997. The minimum Gasteiger partial charge on any atom is -0.349 e. The number of carbonyl (C=O) groups excluding carboxylic acids is 2. The van der Waals surface area contributed by atoms with E-state index in [1.807, 2.05) is 37.3 Å². The molecular formula is C20H19F3N2O2. The number of hydrogen-bond donors (Lipinski definition) is 2. The molecule has 0 spiro atoms. The highest BCUT2D eigenvalue weighted by molar-refractivity contribution is 6.13. The van der Waals surface area contributed by atoms with Gasteiger partial charge < -0.3 is 10.6 Å². The maximum atomic E-state index is 12.8. The third kappa shape index (κ3) is 4.13. The van der Waals surface area contributed by atoms with Gasteiger partial charge in [0.2, 0.25) is 11.8 Å². The van der Waals surface area contributed by atoms with Gasteiger partial charge in [0.25, 0.3) is 0 Å². The first-order valence-electron chi connectivity index (χ1n) is 8.57. The molecule has 0 aromatic heterocycles. The van der Waals surface area contributed by atoms with E-state index in [2.05, 4.69) is 10.6 Å². The van der Waals surface area contributed by atoms with Crippen molar-refractivity contribution in [1.82, 2.24) is 5.32 Å². The van der Waals surface area contributed by atoms with E-state index in [4.69, 9.17) is 0 Å². The van der Waals surface area contributed by atoms with E-state index in [0.29, 0.717) is 12.8 Å². The molecule has 0 aliphatic heterocycles. The van der Waals surface area contributed by atoms with Crippen LogP contribution in [0.2, 0.25) is 0 Å². The summed E-state index contributed by atoms with van der Waals surface area (Å²) in [7, 11) is 0. The Balaban J connectivity index is 1.68. The molecule has 7 heteroatoms. The van der Waals surface area contributed by atoms with Gasteiger partial charge in [0, 0.05) is 5.69 Å². The topological polar surface area (TPSA) is 58.2 Å². The quantitative estimate of drug-likeness (QED) is 0.765. The van der Waals surface area contributed by atoms with Crippen LogP contribution in [0, 0.1) is 5.41 Å². The van der Waals surface area contributed by atoms with Crippen molar-refractivity contribution in [1.29, 1.82) is 0 Å². The number of rotatable bonds is 5. The molecule has 1 aliphatic rings. The second kappa shape index (κ2) is 7.06. The van der Waals surface area contributed by atoms with Crippen molar-refractivity contribution < 1.29 is 22.8 Å². The first-order chi connectivity index (χ1) is 12.7. The number of alkyl halides is 3. The first-order valence-corrected chi connectivity index (χ1v) is 8.57. The monoisotopic (exact) mass is 376 g/mol. The fourth-order valence-corrected chi connectivity index (χ4v) is 2.87. The maximum absolute atomic E-state index is 12.8. The van der Waals surface area contributed by atoms with Gasteiger partial charge in [-0.25, -0.2) is 0 Å². The van der Waals surface area contributed by atoms with Crippen LogP contribution < -0.4 is 10.6 Å². The number of carbonyl (C=O) groups is 2. The van der Waals surface area contributed by atoms with Crippen LogP contribution >= 0.6 is 0 Å². The number of hydrogen-bond acceptors (Lipinski definition) is 2. The van der Waals surface area contributed by atoms with Gasteiger partial charge in [-0.3, -0.25) is 9.59 Å². The molecule has 1 saturated carbocycles. The van der Waals surface area contributed by atoms with E-state index in [-0.39, 0.29) is 11.7 Å². The van der Waals surface area contributed by atoms with Gasteiger partial charge in [-0.1, -0.05) is 36.4 Å². The number of amides is 2. The Labute approximate surface area is 154 Å². The number of anilines is 1. The fraction of sp³-hybridized carbons (Fsp3) is 0.300. The van der Waals surface area contributed by atoms with Crippen LogP contribution in [-0.4, -0.2) is 11.8 Å². The molecule has 1 fully saturated rings. The zero-order chi connectivity index (χ0) is 19.7. The van der Waals surface area contributed by atoms with Gasteiger partial charge >= 0.3 is 6.18 Å². The molecule has 27 heavy (non-hydrogen) atoms. The van der Waals surface area contributed by atoms with Crippen LogP contribution in [0.4, 0.5) is 18.9 Å². The lowest BCUT2D eigenvalue weighted by Crippen LogP contribution is -2.41. The molecule has 2 N–H and O–H groups in total. The Morgan fingerprint density at radius 1 is 1.00 bits per heavy atom. The smallest absolute Gasteiger partial charge is 0.349 e. The maximum Gasteiger partial charge on any atom is 0.416 e. The Hall–Kier alpha value is -2.83. The Kier molecular flexibility index (Phi) is 4.95. The van der Waals surface area contributed by atoms with Gasteiger partial charge in [-0.15, -0.1) is 0 Å². The molecule has 4 nitrogen and oxygen atoms in total. The van der Waals surface area contributed by atoms with E-state index >= 15 is 0 Å². The van der Waals surface area contributed by atoms with Crippen LogP contribution in [0.15, 0.2) is 54.6 Å². The molecule has 1 atom stereocenters. The largest absolute Gasteiger partial charge is 0.416 e. The summed E-state index contributed by atoms with van der Waals surface area (Å²) in [6.07, 6.45) is -3.77. The number of halogens is 3. The van der Waals surface area contributed by atoms with E-state index < -0.39 is 29.0 Å². The second-order valence-electron chi connectivity index (χ2n) is 6.72. The van der Waals surface area contributed by atoms with Crippen molar-refractivity contribution >= 4 is 17.5 Å². The van der Waals surface area contributed by atoms with Crippen LogP contribution in [0.3, 0.4) is 0 Å². The first kappa shape index (κ1) is 18.9. The Bertz CT molecular complexity index is 846. The third-order valence-electron chi connectivity index (χ3n) is 4.71. The minimum absolute atomic E-state index is 0.0185. The van der Waals surface area contributed by atoms with Crippen LogP contribution in [-0.2, 0) is 15.8 Å². The lowest BCUT2D eigenvalue weighted by Gasteiger charge is -2.20. The SMILES string of the molecule is CC(NC(=O)C1(C(=O)Nc2cccc(C(F)(F)F)c2)CC1)c1ccccc1.